The van der Waals surface area contributed by atoms with Crippen LogP contribution >= 0.6 is 15.9 Å². The summed E-state index contributed by atoms with van der Waals surface area (Å²) in [5.41, 5.74) is 0.916. The number of carbonyl (C=O) groups excluding carboxylic acids is 1. The van der Waals surface area contributed by atoms with E-state index in [0.29, 0.717) is 19.5 Å². The highest BCUT2D eigenvalue weighted by Crippen LogP contribution is 2.22. The Balaban J connectivity index is 1.46. The number of ether oxygens (including phenoxy) is 1. The molecule has 0 unspecified atom stereocenters. The fourth-order valence-corrected chi connectivity index (χ4v) is 3.55. The van der Waals surface area contributed by atoms with Crippen molar-refractivity contribution in [3.8, 4) is 5.75 Å². The molecule has 1 aliphatic heterocycles. The number of aromatic nitrogens is 3. The standard InChI is InChI=1S/C18H24BrN5O2/c1-26-15-7-6-14(19)11-13(15)12-21-18(25)20-9-8-17-23-22-16-5-3-2-4-10-24(16)17/h6-7,11H,2-5,8-10,12H2,1H3,(H2,20,21,25). The molecule has 8 heteroatoms. The number of carbonyl (C=O) groups is 1. The lowest BCUT2D eigenvalue weighted by Crippen LogP contribution is -2.36. The first-order valence-electron chi connectivity index (χ1n) is 8.92. The van der Waals surface area contributed by atoms with E-state index in [0.717, 1.165) is 40.4 Å². The van der Waals surface area contributed by atoms with Gasteiger partial charge in [-0.2, -0.15) is 0 Å². The molecule has 0 spiro atoms. The molecule has 7 nitrogen and oxygen atoms in total. The van der Waals surface area contributed by atoms with Crippen molar-refractivity contribution in [3.05, 3.63) is 39.9 Å². The van der Waals surface area contributed by atoms with E-state index in [2.05, 4.69) is 41.3 Å². The Kier molecular flexibility index (Phi) is 6.49. The molecular formula is C18H24BrN5O2. The molecule has 1 aliphatic rings. The summed E-state index contributed by atoms with van der Waals surface area (Å²) in [6, 6.07) is 5.51. The van der Waals surface area contributed by atoms with Gasteiger partial charge in [0.2, 0.25) is 0 Å². The van der Waals surface area contributed by atoms with Gasteiger partial charge >= 0.3 is 6.03 Å². The molecule has 0 fully saturated rings. The minimum absolute atomic E-state index is 0.206. The molecule has 2 aromatic rings. The second-order valence-electron chi connectivity index (χ2n) is 6.31. The third kappa shape index (κ3) is 4.75. The largest absolute Gasteiger partial charge is 0.496 e. The quantitative estimate of drug-likeness (QED) is 0.750. The van der Waals surface area contributed by atoms with Gasteiger partial charge in [0.15, 0.2) is 0 Å². The van der Waals surface area contributed by atoms with Crippen LogP contribution in [0.4, 0.5) is 4.79 Å². The molecule has 0 atom stereocenters. The van der Waals surface area contributed by atoms with Crippen LogP contribution < -0.4 is 15.4 Å². The zero-order valence-corrected chi connectivity index (χ0v) is 16.5. The molecular weight excluding hydrogens is 398 g/mol. The van der Waals surface area contributed by atoms with E-state index in [-0.39, 0.29) is 6.03 Å². The van der Waals surface area contributed by atoms with E-state index in [1.54, 1.807) is 7.11 Å². The topological polar surface area (TPSA) is 81.1 Å². The number of rotatable bonds is 6. The van der Waals surface area contributed by atoms with Gasteiger partial charge < -0.3 is 19.9 Å². The molecule has 2 heterocycles. The molecule has 0 saturated heterocycles. The van der Waals surface area contributed by atoms with Gasteiger partial charge in [0.05, 0.1) is 7.11 Å². The summed E-state index contributed by atoms with van der Waals surface area (Å²) in [5, 5.41) is 14.3. The van der Waals surface area contributed by atoms with Crippen LogP contribution in [0.25, 0.3) is 0 Å². The van der Waals surface area contributed by atoms with E-state index >= 15 is 0 Å². The summed E-state index contributed by atoms with van der Waals surface area (Å²) in [6.45, 7) is 1.90. The number of methoxy groups -OCH3 is 1. The fraction of sp³-hybridized carbons (Fsp3) is 0.500. The van der Waals surface area contributed by atoms with Crippen LogP contribution in [0.3, 0.4) is 0 Å². The highest BCUT2D eigenvalue weighted by Gasteiger charge is 2.14. The average Bonchev–Trinajstić information content (AvgIpc) is 2.87. The predicted octanol–water partition coefficient (Wildman–Crippen LogP) is 2.82. The molecule has 1 aromatic heterocycles. The Morgan fingerprint density at radius 1 is 1.27 bits per heavy atom. The van der Waals surface area contributed by atoms with Gasteiger partial charge in [0.25, 0.3) is 0 Å². The Morgan fingerprint density at radius 3 is 3.00 bits per heavy atom. The number of hydrogen-bond donors (Lipinski definition) is 2. The highest BCUT2D eigenvalue weighted by molar-refractivity contribution is 9.10. The number of benzene rings is 1. The predicted molar refractivity (Wildman–Crippen MR) is 102 cm³/mol. The van der Waals surface area contributed by atoms with Crippen LogP contribution in [0.1, 0.15) is 36.5 Å². The zero-order valence-electron chi connectivity index (χ0n) is 14.9. The summed E-state index contributed by atoms with van der Waals surface area (Å²) in [6.07, 6.45) is 5.26. The molecule has 26 heavy (non-hydrogen) atoms. The molecule has 2 N–H and O–H groups in total. The summed E-state index contributed by atoms with van der Waals surface area (Å²) >= 11 is 3.43. The van der Waals surface area contributed by atoms with Crippen LogP contribution in [0.2, 0.25) is 0 Å². The average molecular weight is 422 g/mol. The Bertz CT molecular complexity index is 762. The zero-order chi connectivity index (χ0) is 18.4. The van der Waals surface area contributed by atoms with Crippen molar-refractivity contribution in [2.24, 2.45) is 0 Å². The van der Waals surface area contributed by atoms with Gasteiger partial charge in [-0.25, -0.2) is 4.79 Å². The highest BCUT2D eigenvalue weighted by atomic mass is 79.9. The molecule has 0 aliphatic carbocycles. The number of fused-ring (bicyclic) bond motifs is 1. The summed E-state index contributed by atoms with van der Waals surface area (Å²) in [4.78, 5) is 12.1. The van der Waals surface area contributed by atoms with Crippen molar-refractivity contribution < 1.29 is 9.53 Å². The third-order valence-corrected chi connectivity index (χ3v) is 5.00. The van der Waals surface area contributed by atoms with E-state index in [4.69, 9.17) is 4.74 Å². The van der Waals surface area contributed by atoms with Crippen LogP contribution in [0.15, 0.2) is 22.7 Å². The maximum atomic E-state index is 12.1. The van der Waals surface area contributed by atoms with E-state index in [9.17, 15) is 4.79 Å². The minimum atomic E-state index is -0.206. The maximum Gasteiger partial charge on any atom is 0.315 e. The van der Waals surface area contributed by atoms with Crippen molar-refractivity contribution in [1.29, 1.82) is 0 Å². The lowest BCUT2D eigenvalue weighted by Gasteiger charge is -2.11. The fourth-order valence-electron chi connectivity index (χ4n) is 3.14. The lowest BCUT2D eigenvalue weighted by atomic mass is 10.2. The van der Waals surface area contributed by atoms with Gasteiger partial charge in [-0.05, 0) is 31.0 Å². The van der Waals surface area contributed by atoms with Crippen molar-refractivity contribution >= 4 is 22.0 Å². The molecule has 2 amide bonds. The molecule has 3 rings (SSSR count). The van der Waals surface area contributed by atoms with Crippen molar-refractivity contribution in [2.75, 3.05) is 13.7 Å². The normalized spacial score (nSPS) is 13.6. The Hall–Kier alpha value is -2.09. The van der Waals surface area contributed by atoms with E-state index in [1.807, 2.05) is 18.2 Å². The summed E-state index contributed by atoms with van der Waals surface area (Å²) < 4.78 is 8.47. The van der Waals surface area contributed by atoms with Crippen molar-refractivity contribution in [2.45, 2.75) is 45.2 Å². The summed E-state index contributed by atoms with van der Waals surface area (Å²) in [5.74, 6) is 2.78. The molecule has 0 bridgehead atoms. The van der Waals surface area contributed by atoms with Crippen molar-refractivity contribution in [3.63, 3.8) is 0 Å². The SMILES string of the molecule is COc1ccc(Br)cc1CNC(=O)NCCc1nnc2n1CCCCC2. The van der Waals surface area contributed by atoms with Crippen LogP contribution in [0.5, 0.6) is 5.75 Å². The van der Waals surface area contributed by atoms with Crippen molar-refractivity contribution in [1.82, 2.24) is 25.4 Å². The number of nitrogens with one attached hydrogen (secondary N) is 2. The molecule has 0 radical (unpaired) electrons. The summed E-state index contributed by atoms with van der Waals surface area (Å²) in [7, 11) is 1.62. The first kappa shape index (κ1) is 18.7. The number of aryl methyl sites for hydroxylation is 1. The Morgan fingerprint density at radius 2 is 2.15 bits per heavy atom. The molecule has 1 aromatic carbocycles. The second-order valence-corrected chi connectivity index (χ2v) is 7.23. The number of halogens is 1. The first-order chi connectivity index (χ1) is 12.7. The Labute approximate surface area is 161 Å². The third-order valence-electron chi connectivity index (χ3n) is 4.50. The second kappa shape index (κ2) is 9.02. The van der Waals surface area contributed by atoms with Gasteiger partial charge in [-0.15, -0.1) is 10.2 Å². The molecule has 140 valence electrons. The number of hydrogen-bond acceptors (Lipinski definition) is 4. The van der Waals surface area contributed by atoms with Crippen LogP contribution in [-0.2, 0) is 25.9 Å². The number of nitrogens with zero attached hydrogens (tertiary/aromatic N) is 3. The van der Waals surface area contributed by atoms with Gasteiger partial charge in [-0.1, -0.05) is 22.4 Å². The van der Waals surface area contributed by atoms with Gasteiger partial charge in [-0.3, -0.25) is 0 Å². The number of amides is 2. The van der Waals surface area contributed by atoms with Crippen LogP contribution in [-0.4, -0.2) is 34.5 Å². The minimum Gasteiger partial charge on any atom is -0.496 e. The van der Waals surface area contributed by atoms with Crippen LogP contribution in [0, 0.1) is 0 Å². The maximum absolute atomic E-state index is 12.1. The lowest BCUT2D eigenvalue weighted by molar-refractivity contribution is 0.240. The number of urea groups is 1. The molecule has 0 saturated carbocycles. The van der Waals surface area contributed by atoms with E-state index < -0.39 is 0 Å². The monoisotopic (exact) mass is 421 g/mol. The first-order valence-corrected chi connectivity index (χ1v) is 9.71. The smallest absolute Gasteiger partial charge is 0.315 e. The van der Waals surface area contributed by atoms with Gasteiger partial charge in [0.1, 0.15) is 17.4 Å². The van der Waals surface area contributed by atoms with Gasteiger partial charge in [0, 0.05) is 42.5 Å². The van der Waals surface area contributed by atoms with E-state index in [1.165, 1.54) is 19.3 Å².